The van der Waals surface area contributed by atoms with Gasteiger partial charge in [0.2, 0.25) is 18.0 Å². The van der Waals surface area contributed by atoms with Crippen molar-refractivity contribution >= 4 is 29.1 Å². The fraction of sp³-hybridized carbons (Fsp3) is 0.345. The molecule has 232 valence electrons. The number of nitrogens with two attached hydrogens (primary N) is 1. The van der Waals surface area contributed by atoms with E-state index in [1.165, 1.54) is 13.0 Å². The van der Waals surface area contributed by atoms with Crippen molar-refractivity contribution in [3.63, 3.8) is 0 Å². The predicted octanol–water partition coefficient (Wildman–Crippen LogP) is 3.86. The van der Waals surface area contributed by atoms with E-state index in [9.17, 15) is 36.3 Å². The van der Waals surface area contributed by atoms with Crippen molar-refractivity contribution in [3.05, 3.63) is 77.2 Å². The van der Waals surface area contributed by atoms with Gasteiger partial charge in [-0.15, -0.1) is 0 Å². The summed E-state index contributed by atoms with van der Waals surface area (Å²) >= 11 is 0. The fourth-order valence-corrected chi connectivity index (χ4v) is 5.31. The van der Waals surface area contributed by atoms with E-state index in [2.05, 4.69) is 15.5 Å². The molecule has 44 heavy (non-hydrogen) atoms. The first-order chi connectivity index (χ1) is 20.8. The molecule has 0 unspecified atom stereocenters. The lowest BCUT2D eigenvalue weighted by Gasteiger charge is -2.28. The molecule has 2 aliphatic rings. The lowest BCUT2D eigenvalue weighted by atomic mass is 9.82. The maximum absolute atomic E-state index is 14.9. The number of aliphatic imine (C=N–C) groups is 1. The van der Waals surface area contributed by atoms with E-state index in [4.69, 9.17) is 15.0 Å². The Bertz CT molecular complexity index is 1610. The van der Waals surface area contributed by atoms with Gasteiger partial charge in [0.1, 0.15) is 12.0 Å². The summed E-state index contributed by atoms with van der Waals surface area (Å²) in [7, 11) is 0. The third-order valence-corrected chi connectivity index (χ3v) is 7.35. The van der Waals surface area contributed by atoms with Crippen LogP contribution in [0.4, 0.5) is 27.6 Å². The maximum atomic E-state index is 14.9. The van der Waals surface area contributed by atoms with Crippen molar-refractivity contribution in [2.45, 2.75) is 43.9 Å². The standard InChI is InChI=1S/C29H26F5N5O5/c1-15-19(12-44-38-15)21(17(24(35)40)10-11-29(32,33)34)26(41)37-25-27(42)39-13-28(30,31)14-43-20-9-5-8-18(23(20)39)22(36-25)16-6-3-2-4-7-16/h2-9,12,17,21,25H,10-11,13-14H2,1H3,(H2,35,40)(H,37,41)/t17-,21-,25-/m1/s1. The first-order valence-electron chi connectivity index (χ1n) is 13.4. The number of rotatable bonds is 8. The monoisotopic (exact) mass is 619 g/mol. The van der Waals surface area contributed by atoms with Crippen LogP contribution in [-0.2, 0) is 14.4 Å². The van der Waals surface area contributed by atoms with Crippen LogP contribution >= 0.6 is 0 Å². The summed E-state index contributed by atoms with van der Waals surface area (Å²) in [5.41, 5.74) is 6.43. The summed E-state index contributed by atoms with van der Waals surface area (Å²) < 4.78 is 79.5. The molecule has 3 aromatic rings. The SMILES string of the molecule is Cc1nocc1[C@H](C(=O)N[C@H]1N=C(c2ccccc2)c2cccc3c2N(CC(F)(F)CO3)C1=O)[C@@H](CCC(F)(F)F)C(N)=O. The number of anilines is 1. The molecule has 0 saturated carbocycles. The zero-order valence-electron chi connectivity index (χ0n) is 23.1. The molecule has 15 heteroatoms. The topological polar surface area (TPSA) is 140 Å². The minimum Gasteiger partial charge on any atom is -0.485 e. The van der Waals surface area contributed by atoms with Crippen LogP contribution in [-0.4, -0.2) is 60.0 Å². The van der Waals surface area contributed by atoms with E-state index in [0.29, 0.717) is 5.56 Å². The van der Waals surface area contributed by atoms with E-state index < -0.39 is 73.8 Å². The Hall–Kier alpha value is -4.82. The molecule has 0 bridgehead atoms. The number of hydrogen-bond acceptors (Lipinski definition) is 7. The molecule has 3 atom stereocenters. The van der Waals surface area contributed by atoms with Gasteiger partial charge in [0.15, 0.2) is 6.61 Å². The zero-order chi connectivity index (χ0) is 31.8. The lowest BCUT2D eigenvalue weighted by Crippen LogP contribution is -2.52. The third kappa shape index (κ3) is 6.26. The van der Waals surface area contributed by atoms with Crippen LogP contribution in [0, 0.1) is 12.8 Å². The first kappa shape index (κ1) is 30.6. The number of nitrogens with zero attached hydrogens (tertiary/aromatic N) is 3. The molecule has 0 fully saturated rings. The molecule has 5 rings (SSSR count). The number of amides is 3. The number of aryl methyl sites for hydroxylation is 1. The summed E-state index contributed by atoms with van der Waals surface area (Å²) in [6, 6.07) is 12.9. The van der Waals surface area contributed by atoms with Crippen molar-refractivity contribution in [1.82, 2.24) is 10.5 Å². The molecule has 0 aliphatic carbocycles. The highest BCUT2D eigenvalue weighted by atomic mass is 19.4. The van der Waals surface area contributed by atoms with E-state index in [1.54, 1.807) is 42.5 Å². The predicted molar refractivity (Wildman–Crippen MR) is 145 cm³/mol. The molecule has 3 amide bonds. The van der Waals surface area contributed by atoms with Crippen LogP contribution in [0.5, 0.6) is 5.75 Å². The summed E-state index contributed by atoms with van der Waals surface area (Å²) in [6.45, 7) is -0.721. The van der Waals surface area contributed by atoms with Gasteiger partial charge in [-0.3, -0.25) is 19.3 Å². The third-order valence-electron chi connectivity index (χ3n) is 7.35. The van der Waals surface area contributed by atoms with Gasteiger partial charge in [-0.2, -0.15) is 13.2 Å². The van der Waals surface area contributed by atoms with Crippen molar-refractivity contribution in [3.8, 4) is 5.75 Å². The Morgan fingerprint density at radius 3 is 2.52 bits per heavy atom. The minimum atomic E-state index is -4.67. The van der Waals surface area contributed by atoms with E-state index in [1.807, 2.05) is 0 Å². The van der Waals surface area contributed by atoms with E-state index in [0.717, 1.165) is 11.2 Å². The first-order valence-corrected chi connectivity index (χ1v) is 13.4. The van der Waals surface area contributed by atoms with Gasteiger partial charge >= 0.3 is 6.18 Å². The molecule has 0 radical (unpaired) electrons. The molecule has 2 aliphatic heterocycles. The normalized spacial score (nSPS) is 19.0. The molecule has 2 aromatic carbocycles. The van der Waals surface area contributed by atoms with Gasteiger partial charge in [-0.1, -0.05) is 47.6 Å². The Kier molecular flexibility index (Phi) is 8.14. The fourth-order valence-electron chi connectivity index (χ4n) is 5.31. The van der Waals surface area contributed by atoms with Crippen molar-refractivity contribution < 1.29 is 45.6 Å². The van der Waals surface area contributed by atoms with Gasteiger partial charge in [0.05, 0.1) is 35.5 Å². The van der Waals surface area contributed by atoms with Crippen molar-refractivity contribution in [2.75, 3.05) is 18.1 Å². The minimum absolute atomic E-state index is 0.0115. The number of hydrogen-bond donors (Lipinski definition) is 2. The van der Waals surface area contributed by atoms with E-state index >= 15 is 0 Å². The number of carbonyl (C=O) groups excluding carboxylic acids is 3. The molecule has 3 N–H and O–H groups in total. The van der Waals surface area contributed by atoms with Crippen molar-refractivity contribution in [2.24, 2.45) is 16.6 Å². The molecule has 1 aromatic heterocycles. The number of primary amides is 1. The summed E-state index contributed by atoms with van der Waals surface area (Å²) in [6.07, 6.45) is -7.82. The maximum Gasteiger partial charge on any atom is 0.389 e. The smallest absolute Gasteiger partial charge is 0.389 e. The Morgan fingerprint density at radius 1 is 1.16 bits per heavy atom. The van der Waals surface area contributed by atoms with Gasteiger partial charge in [-0.25, -0.2) is 13.8 Å². The number of nitrogens with one attached hydrogen (secondary N) is 1. The van der Waals surface area contributed by atoms with Crippen LogP contribution in [0.3, 0.4) is 0 Å². The number of carbonyl (C=O) groups is 3. The molecule has 3 heterocycles. The van der Waals surface area contributed by atoms with E-state index in [-0.39, 0.29) is 34.0 Å². The zero-order valence-corrected chi connectivity index (χ0v) is 23.1. The Morgan fingerprint density at radius 2 is 1.89 bits per heavy atom. The number of benzene rings is 2. The van der Waals surface area contributed by atoms with Gasteiger partial charge in [-0.05, 0) is 19.4 Å². The highest BCUT2D eigenvalue weighted by Gasteiger charge is 2.46. The Labute approximate surface area is 247 Å². The second-order valence-corrected chi connectivity index (χ2v) is 10.5. The Balaban J connectivity index is 1.61. The number of aromatic nitrogens is 1. The van der Waals surface area contributed by atoms with Crippen LogP contribution in [0.1, 0.15) is 41.1 Å². The van der Waals surface area contributed by atoms with Crippen LogP contribution in [0.2, 0.25) is 0 Å². The average molecular weight is 620 g/mol. The van der Waals surface area contributed by atoms with Crippen LogP contribution in [0.25, 0.3) is 0 Å². The number of halogens is 5. The second kappa shape index (κ2) is 11.7. The van der Waals surface area contributed by atoms with Crippen molar-refractivity contribution in [1.29, 1.82) is 0 Å². The average Bonchev–Trinajstić information content (AvgIpc) is 3.27. The van der Waals surface area contributed by atoms with Gasteiger partial charge in [0, 0.05) is 23.1 Å². The largest absolute Gasteiger partial charge is 0.485 e. The molecular weight excluding hydrogens is 593 g/mol. The highest BCUT2D eigenvalue weighted by molar-refractivity contribution is 6.21. The lowest BCUT2D eigenvalue weighted by molar-refractivity contribution is -0.143. The second-order valence-electron chi connectivity index (χ2n) is 10.5. The number of alkyl halides is 5. The number of para-hydroxylation sites is 1. The van der Waals surface area contributed by atoms with Crippen LogP contribution < -0.4 is 20.7 Å². The quantitative estimate of drug-likeness (QED) is 0.367. The van der Waals surface area contributed by atoms with Gasteiger partial charge in [0.25, 0.3) is 11.8 Å². The summed E-state index contributed by atoms with van der Waals surface area (Å²) in [5, 5.41) is 6.05. The highest BCUT2D eigenvalue weighted by Crippen LogP contribution is 2.41. The molecule has 0 spiro atoms. The van der Waals surface area contributed by atoms with Crippen LogP contribution in [0.15, 0.2) is 64.3 Å². The molecule has 0 saturated heterocycles. The molecular formula is C29H26F5N5O5. The summed E-state index contributed by atoms with van der Waals surface area (Å²) in [4.78, 5) is 45.6. The van der Waals surface area contributed by atoms with Gasteiger partial charge < -0.3 is 20.3 Å². The molecule has 10 nitrogen and oxygen atoms in total. The number of ether oxygens (including phenoxy) is 1. The summed E-state index contributed by atoms with van der Waals surface area (Å²) in [5.74, 6) is -10.3.